The van der Waals surface area contributed by atoms with Crippen LogP contribution in [0.1, 0.15) is 49.4 Å². The van der Waals surface area contributed by atoms with Crippen LogP contribution >= 0.6 is 0 Å². The van der Waals surface area contributed by atoms with Crippen LogP contribution < -0.4 is 11.2 Å². The maximum Gasteiger partial charge on any atom is 0.331 e. The number of ether oxygens (including phenoxy) is 1. The van der Waals surface area contributed by atoms with E-state index in [1.807, 2.05) is 6.07 Å². The Morgan fingerprint density at radius 2 is 2.09 bits per heavy atom. The van der Waals surface area contributed by atoms with Crippen LogP contribution in [0, 0.1) is 24.2 Å². The van der Waals surface area contributed by atoms with E-state index in [1.165, 1.54) is 4.57 Å². The Morgan fingerprint density at radius 1 is 1.32 bits per heavy atom. The van der Waals surface area contributed by atoms with E-state index in [0.717, 1.165) is 45.3 Å². The first-order chi connectivity index (χ1) is 10.6. The number of nitrogens with zero attached hydrogens (tertiary/aromatic N) is 3. The summed E-state index contributed by atoms with van der Waals surface area (Å²) in [6, 6.07) is 2.13. The van der Waals surface area contributed by atoms with Crippen LogP contribution in [0.5, 0.6) is 0 Å². The van der Waals surface area contributed by atoms with E-state index in [9.17, 15) is 14.9 Å². The van der Waals surface area contributed by atoms with Gasteiger partial charge in [-0.1, -0.05) is 0 Å². The molecule has 6 heteroatoms. The maximum atomic E-state index is 12.6. The normalized spacial score (nSPS) is 21.0. The average molecular weight is 303 g/mol. The molecule has 1 aromatic rings. The number of hydrogen-bond acceptors (Lipinski definition) is 4. The second-order valence-corrected chi connectivity index (χ2v) is 6.28. The molecule has 1 unspecified atom stereocenters. The van der Waals surface area contributed by atoms with E-state index >= 15 is 0 Å². The molecule has 118 valence electrons. The lowest BCUT2D eigenvalue weighted by molar-refractivity contribution is 0.183. The molecule has 1 atom stereocenters. The first-order valence-corrected chi connectivity index (χ1v) is 7.97. The van der Waals surface area contributed by atoms with Gasteiger partial charge in [0.05, 0.1) is 0 Å². The average Bonchev–Trinajstić information content (AvgIpc) is 3.18. The molecule has 6 nitrogen and oxygen atoms in total. The van der Waals surface area contributed by atoms with Gasteiger partial charge in [0, 0.05) is 31.5 Å². The summed E-state index contributed by atoms with van der Waals surface area (Å²) < 4.78 is 8.23. The molecule has 2 aliphatic rings. The highest BCUT2D eigenvalue weighted by atomic mass is 16.5. The van der Waals surface area contributed by atoms with Gasteiger partial charge in [-0.25, -0.2) is 4.79 Å². The van der Waals surface area contributed by atoms with Crippen LogP contribution in [0.3, 0.4) is 0 Å². The second kappa shape index (κ2) is 6.09. The summed E-state index contributed by atoms with van der Waals surface area (Å²) in [6.45, 7) is 3.66. The Morgan fingerprint density at radius 3 is 2.68 bits per heavy atom. The van der Waals surface area contributed by atoms with Crippen molar-refractivity contribution in [1.82, 2.24) is 9.13 Å². The molecule has 0 N–H and O–H groups in total. The Labute approximate surface area is 128 Å². The van der Waals surface area contributed by atoms with Crippen molar-refractivity contribution in [2.24, 2.45) is 5.92 Å². The zero-order valence-corrected chi connectivity index (χ0v) is 12.9. The Hall–Kier alpha value is -1.87. The highest BCUT2D eigenvalue weighted by Crippen LogP contribution is 2.34. The Bertz CT molecular complexity index is 716. The predicted octanol–water partition coefficient (Wildman–Crippen LogP) is 1.34. The van der Waals surface area contributed by atoms with E-state index in [1.54, 1.807) is 11.5 Å². The van der Waals surface area contributed by atoms with E-state index in [0.29, 0.717) is 18.2 Å². The number of aromatic nitrogens is 2. The third-order valence-electron chi connectivity index (χ3n) is 4.66. The number of nitriles is 1. The molecule has 0 bridgehead atoms. The number of hydrogen-bond donors (Lipinski definition) is 0. The Kier molecular flexibility index (Phi) is 4.16. The van der Waals surface area contributed by atoms with Crippen molar-refractivity contribution in [3.05, 3.63) is 32.1 Å². The summed E-state index contributed by atoms with van der Waals surface area (Å²) in [5.74, 6) is 0.530. The van der Waals surface area contributed by atoms with Crippen molar-refractivity contribution >= 4 is 0 Å². The molecule has 22 heavy (non-hydrogen) atoms. The zero-order chi connectivity index (χ0) is 15.7. The molecule has 0 aromatic carbocycles. The molecule has 2 fully saturated rings. The lowest BCUT2D eigenvalue weighted by Gasteiger charge is -2.14. The van der Waals surface area contributed by atoms with E-state index in [-0.39, 0.29) is 17.3 Å². The van der Waals surface area contributed by atoms with Crippen molar-refractivity contribution in [1.29, 1.82) is 5.26 Å². The molecular formula is C16H21N3O3. The fraction of sp³-hybridized carbons (Fsp3) is 0.688. The third kappa shape index (κ3) is 2.73. The zero-order valence-electron chi connectivity index (χ0n) is 12.9. The van der Waals surface area contributed by atoms with E-state index < -0.39 is 5.56 Å². The van der Waals surface area contributed by atoms with Gasteiger partial charge >= 0.3 is 5.69 Å². The first kappa shape index (κ1) is 15.0. The van der Waals surface area contributed by atoms with Crippen LogP contribution in [0.4, 0.5) is 0 Å². The summed E-state index contributed by atoms with van der Waals surface area (Å²) in [4.78, 5) is 24.9. The minimum Gasteiger partial charge on any atom is -0.381 e. The van der Waals surface area contributed by atoms with Crippen LogP contribution in [0.2, 0.25) is 0 Å². The van der Waals surface area contributed by atoms with Crippen molar-refractivity contribution in [2.45, 2.75) is 51.6 Å². The van der Waals surface area contributed by atoms with Gasteiger partial charge < -0.3 is 4.74 Å². The molecule has 1 saturated carbocycles. The smallest absolute Gasteiger partial charge is 0.331 e. The Balaban J connectivity index is 1.86. The summed E-state index contributed by atoms with van der Waals surface area (Å²) in [7, 11) is 0. The van der Waals surface area contributed by atoms with Crippen LogP contribution in [0.25, 0.3) is 0 Å². The predicted molar refractivity (Wildman–Crippen MR) is 80.8 cm³/mol. The molecule has 1 aliphatic heterocycles. The van der Waals surface area contributed by atoms with Gasteiger partial charge in [0.2, 0.25) is 0 Å². The SMILES string of the molecule is Cc1c(C#N)c(=O)n(CCCC2CCOC2)c(=O)n1C1CC1. The fourth-order valence-electron chi connectivity index (χ4n) is 3.21. The topological polar surface area (TPSA) is 77.0 Å². The monoisotopic (exact) mass is 303 g/mol. The highest BCUT2D eigenvalue weighted by Gasteiger charge is 2.29. The van der Waals surface area contributed by atoms with Crippen LogP contribution in [-0.2, 0) is 11.3 Å². The van der Waals surface area contributed by atoms with Gasteiger partial charge in [-0.2, -0.15) is 5.26 Å². The quantitative estimate of drug-likeness (QED) is 0.822. The molecule has 3 rings (SSSR count). The molecule has 0 amide bonds. The third-order valence-corrected chi connectivity index (χ3v) is 4.66. The standard InChI is InChI=1S/C16H21N3O3/c1-11-14(9-17)15(20)18(16(21)19(11)13-4-5-13)7-2-3-12-6-8-22-10-12/h12-13H,2-8,10H2,1H3. The van der Waals surface area contributed by atoms with Gasteiger partial charge in [-0.05, 0) is 44.9 Å². The van der Waals surface area contributed by atoms with Gasteiger partial charge in [0.15, 0.2) is 0 Å². The van der Waals surface area contributed by atoms with Crippen molar-refractivity contribution in [2.75, 3.05) is 13.2 Å². The van der Waals surface area contributed by atoms with E-state index in [4.69, 9.17) is 4.74 Å². The number of rotatable bonds is 5. The first-order valence-electron chi connectivity index (χ1n) is 7.97. The molecule has 1 saturated heterocycles. The molecule has 1 aliphatic carbocycles. The molecule has 1 aromatic heterocycles. The summed E-state index contributed by atoms with van der Waals surface area (Å²) >= 11 is 0. The maximum absolute atomic E-state index is 12.6. The summed E-state index contributed by atoms with van der Waals surface area (Å²) in [6.07, 6.45) is 4.66. The molecule has 0 spiro atoms. The summed E-state index contributed by atoms with van der Waals surface area (Å²) in [5.41, 5.74) is -0.0765. The van der Waals surface area contributed by atoms with Crippen LogP contribution in [0.15, 0.2) is 9.59 Å². The fourth-order valence-corrected chi connectivity index (χ4v) is 3.21. The molecule has 2 heterocycles. The minimum atomic E-state index is -0.440. The van der Waals surface area contributed by atoms with Crippen molar-refractivity contribution in [3.8, 4) is 6.07 Å². The van der Waals surface area contributed by atoms with Gasteiger partial charge in [-0.3, -0.25) is 13.9 Å². The van der Waals surface area contributed by atoms with E-state index in [2.05, 4.69) is 0 Å². The lowest BCUT2D eigenvalue weighted by Crippen LogP contribution is -2.42. The lowest BCUT2D eigenvalue weighted by atomic mass is 10.0. The molecule has 0 radical (unpaired) electrons. The van der Waals surface area contributed by atoms with Crippen molar-refractivity contribution in [3.63, 3.8) is 0 Å². The van der Waals surface area contributed by atoms with Gasteiger partial charge in [-0.15, -0.1) is 0 Å². The van der Waals surface area contributed by atoms with Crippen LogP contribution in [-0.4, -0.2) is 22.3 Å². The highest BCUT2D eigenvalue weighted by molar-refractivity contribution is 5.31. The second-order valence-electron chi connectivity index (χ2n) is 6.28. The largest absolute Gasteiger partial charge is 0.381 e. The minimum absolute atomic E-state index is 0.107. The summed E-state index contributed by atoms with van der Waals surface area (Å²) in [5, 5.41) is 9.24. The van der Waals surface area contributed by atoms with Gasteiger partial charge in [0.1, 0.15) is 11.6 Å². The van der Waals surface area contributed by atoms with Crippen molar-refractivity contribution < 1.29 is 4.74 Å². The van der Waals surface area contributed by atoms with Gasteiger partial charge in [0.25, 0.3) is 5.56 Å². The molecular weight excluding hydrogens is 282 g/mol.